The maximum atomic E-state index is 12.8. The standard InChI is InChI=1S/C21H23N3O6/c1-3-30-21(26)16-7-8-18(19(14-16)24(27)28)22-9-11-23(12-10-22)20(25)15-5-4-6-17(13-15)29-2/h4-8,13-14H,3,9-12H2,1-2H3. The molecule has 0 radical (unpaired) electrons. The Hall–Kier alpha value is -3.62. The molecule has 1 aliphatic heterocycles. The highest BCUT2D eigenvalue weighted by Gasteiger charge is 2.27. The average Bonchev–Trinajstić information content (AvgIpc) is 2.78. The summed E-state index contributed by atoms with van der Waals surface area (Å²) in [6.45, 7) is 3.59. The highest BCUT2D eigenvalue weighted by molar-refractivity contribution is 5.95. The van der Waals surface area contributed by atoms with E-state index in [-0.39, 0.29) is 23.8 Å². The summed E-state index contributed by atoms with van der Waals surface area (Å²) in [5.41, 5.74) is 0.932. The van der Waals surface area contributed by atoms with Gasteiger partial charge < -0.3 is 19.3 Å². The van der Waals surface area contributed by atoms with Gasteiger partial charge in [-0.3, -0.25) is 14.9 Å². The van der Waals surface area contributed by atoms with E-state index in [2.05, 4.69) is 0 Å². The summed E-state index contributed by atoms with van der Waals surface area (Å²) in [7, 11) is 1.54. The Balaban J connectivity index is 1.73. The monoisotopic (exact) mass is 413 g/mol. The zero-order valence-electron chi connectivity index (χ0n) is 16.9. The quantitative estimate of drug-likeness (QED) is 0.408. The summed E-state index contributed by atoms with van der Waals surface area (Å²) in [4.78, 5) is 39.3. The fourth-order valence-electron chi connectivity index (χ4n) is 3.37. The predicted molar refractivity (Wildman–Crippen MR) is 110 cm³/mol. The molecule has 9 heteroatoms. The second kappa shape index (κ2) is 9.25. The maximum absolute atomic E-state index is 12.8. The summed E-state index contributed by atoms with van der Waals surface area (Å²) < 4.78 is 10.1. The van der Waals surface area contributed by atoms with Crippen LogP contribution in [0.1, 0.15) is 27.6 Å². The molecule has 0 spiro atoms. The van der Waals surface area contributed by atoms with Crippen LogP contribution in [0, 0.1) is 10.1 Å². The predicted octanol–water partition coefficient (Wildman–Crippen LogP) is 2.74. The molecule has 0 aliphatic carbocycles. The van der Waals surface area contributed by atoms with Crippen LogP contribution in [0.5, 0.6) is 5.75 Å². The Morgan fingerprint density at radius 3 is 2.43 bits per heavy atom. The van der Waals surface area contributed by atoms with Gasteiger partial charge in [-0.2, -0.15) is 0 Å². The number of nitro groups is 1. The minimum Gasteiger partial charge on any atom is -0.497 e. The van der Waals surface area contributed by atoms with Crippen LogP contribution in [0.3, 0.4) is 0 Å². The first kappa shape index (κ1) is 21.1. The molecule has 0 bridgehead atoms. The molecule has 3 rings (SSSR count). The second-order valence-electron chi connectivity index (χ2n) is 6.69. The van der Waals surface area contributed by atoms with E-state index in [0.717, 1.165) is 0 Å². The van der Waals surface area contributed by atoms with Crippen LogP contribution in [-0.4, -0.2) is 61.6 Å². The molecular weight excluding hydrogens is 390 g/mol. The van der Waals surface area contributed by atoms with E-state index in [1.807, 2.05) is 4.90 Å². The van der Waals surface area contributed by atoms with Gasteiger partial charge in [-0.15, -0.1) is 0 Å². The highest BCUT2D eigenvalue weighted by Crippen LogP contribution is 2.30. The van der Waals surface area contributed by atoms with Crippen molar-refractivity contribution in [1.29, 1.82) is 0 Å². The number of hydrogen-bond acceptors (Lipinski definition) is 7. The third-order valence-corrected chi connectivity index (χ3v) is 4.91. The van der Waals surface area contributed by atoms with Crippen molar-refractivity contribution in [2.24, 2.45) is 0 Å². The molecule has 2 aromatic rings. The Morgan fingerprint density at radius 1 is 1.07 bits per heavy atom. The summed E-state index contributed by atoms with van der Waals surface area (Å²) in [6, 6.07) is 11.3. The second-order valence-corrected chi connectivity index (χ2v) is 6.69. The van der Waals surface area contributed by atoms with Crippen LogP contribution in [0.2, 0.25) is 0 Å². The van der Waals surface area contributed by atoms with Crippen molar-refractivity contribution in [2.45, 2.75) is 6.92 Å². The number of esters is 1. The lowest BCUT2D eigenvalue weighted by Crippen LogP contribution is -2.49. The first-order valence-corrected chi connectivity index (χ1v) is 9.58. The van der Waals surface area contributed by atoms with Gasteiger partial charge in [0.15, 0.2) is 0 Å². The minimum absolute atomic E-state index is 0.110. The molecule has 0 aromatic heterocycles. The number of carbonyl (C=O) groups is 2. The molecule has 1 amide bonds. The number of methoxy groups -OCH3 is 1. The van der Waals surface area contributed by atoms with E-state index in [1.54, 1.807) is 49.3 Å². The van der Waals surface area contributed by atoms with Gasteiger partial charge in [-0.1, -0.05) is 6.07 Å². The molecule has 1 fully saturated rings. The van der Waals surface area contributed by atoms with E-state index < -0.39 is 10.9 Å². The van der Waals surface area contributed by atoms with E-state index in [4.69, 9.17) is 9.47 Å². The number of benzene rings is 2. The number of anilines is 1. The number of nitro benzene ring substituents is 1. The van der Waals surface area contributed by atoms with Gasteiger partial charge in [0.2, 0.25) is 0 Å². The van der Waals surface area contributed by atoms with E-state index >= 15 is 0 Å². The van der Waals surface area contributed by atoms with E-state index in [9.17, 15) is 19.7 Å². The lowest BCUT2D eigenvalue weighted by atomic mass is 10.1. The van der Waals surface area contributed by atoms with Crippen LogP contribution >= 0.6 is 0 Å². The smallest absolute Gasteiger partial charge is 0.338 e. The number of hydrogen-bond donors (Lipinski definition) is 0. The molecule has 2 aromatic carbocycles. The van der Waals surface area contributed by atoms with Crippen LogP contribution in [-0.2, 0) is 4.74 Å². The first-order chi connectivity index (χ1) is 14.4. The molecule has 30 heavy (non-hydrogen) atoms. The van der Waals surface area contributed by atoms with Crippen molar-refractivity contribution < 1.29 is 24.0 Å². The molecule has 1 heterocycles. The van der Waals surface area contributed by atoms with Crippen molar-refractivity contribution in [1.82, 2.24) is 4.90 Å². The number of rotatable bonds is 6. The fraction of sp³-hybridized carbons (Fsp3) is 0.333. The van der Waals surface area contributed by atoms with E-state index in [0.29, 0.717) is 43.2 Å². The molecule has 9 nitrogen and oxygen atoms in total. The molecule has 0 unspecified atom stereocenters. The normalized spacial score (nSPS) is 13.7. The van der Waals surface area contributed by atoms with Gasteiger partial charge >= 0.3 is 5.97 Å². The highest BCUT2D eigenvalue weighted by atomic mass is 16.6. The number of piperazine rings is 1. The summed E-state index contributed by atoms with van der Waals surface area (Å²) in [6.07, 6.45) is 0. The molecule has 0 atom stereocenters. The van der Waals surface area contributed by atoms with E-state index in [1.165, 1.54) is 12.1 Å². The van der Waals surface area contributed by atoms with Gasteiger partial charge in [-0.25, -0.2) is 4.79 Å². The number of ether oxygens (including phenoxy) is 2. The summed E-state index contributed by atoms with van der Waals surface area (Å²) in [5.74, 6) is -0.0987. The molecular formula is C21H23N3O6. The Labute approximate surface area is 173 Å². The zero-order chi connectivity index (χ0) is 21.7. The zero-order valence-corrected chi connectivity index (χ0v) is 16.9. The van der Waals surface area contributed by atoms with Crippen molar-refractivity contribution in [3.05, 3.63) is 63.7 Å². The molecule has 1 aliphatic rings. The molecule has 0 N–H and O–H groups in total. The number of amides is 1. The minimum atomic E-state index is -0.596. The van der Waals surface area contributed by atoms with Gasteiger partial charge in [0, 0.05) is 37.8 Å². The van der Waals surface area contributed by atoms with Gasteiger partial charge in [-0.05, 0) is 37.3 Å². The maximum Gasteiger partial charge on any atom is 0.338 e. The lowest BCUT2D eigenvalue weighted by Gasteiger charge is -2.36. The van der Waals surface area contributed by atoms with Crippen molar-refractivity contribution in [2.75, 3.05) is 44.8 Å². The molecule has 0 saturated carbocycles. The van der Waals surface area contributed by atoms with Gasteiger partial charge in [0.05, 0.1) is 24.2 Å². The van der Waals surface area contributed by atoms with Crippen molar-refractivity contribution >= 4 is 23.3 Å². The Kier molecular flexibility index (Phi) is 6.51. The summed E-state index contributed by atoms with van der Waals surface area (Å²) >= 11 is 0. The van der Waals surface area contributed by atoms with Gasteiger partial charge in [0.1, 0.15) is 11.4 Å². The molecule has 158 valence electrons. The topological polar surface area (TPSA) is 102 Å². The van der Waals surface area contributed by atoms with Crippen LogP contribution in [0.15, 0.2) is 42.5 Å². The molecule has 1 saturated heterocycles. The van der Waals surface area contributed by atoms with Crippen LogP contribution in [0.25, 0.3) is 0 Å². The summed E-state index contributed by atoms with van der Waals surface area (Å²) in [5, 5.41) is 11.6. The average molecular weight is 413 g/mol. The largest absolute Gasteiger partial charge is 0.497 e. The van der Waals surface area contributed by atoms with Crippen molar-refractivity contribution in [3.63, 3.8) is 0 Å². The lowest BCUT2D eigenvalue weighted by molar-refractivity contribution is -0.384. The third kappa shape index (κ3) is 4.51. The van der Waals surface area contributed by atoms with Gasteiger partial charge in [0.25, 0.3) is 11.6 Å². The number of nitrogens with zero attached hydrogens (tertiary/aromatic N) is 3. The Bertz CT molecular complexity index is 954. The number of carbonyl (C=O) groups excluding carboxylic acids is 2. The third-order valence-electron chi connectivity index (χ3n) is 4.91. The first-order valence-electron chi connectivity index (χ1n) is 9.58. The Morgan fingerprint density at radius 2 is 1.80 bits per heavy atom. The SMILES string of the molecule is CCOC(=O)c1ccc(N2CCN(C(=O)c3cccc(OC)c3)CC2)c([N+](=O)[O-])c1. The van der Waals surface area contributed by atoms with Crippen molar-refractivity contribution in [3.8, 4) is 5.75 Å². The fourth-order valence-corrected chi connectivity index (χ4v) is 3.37. The van der Waals surface area contributed by atoms with Crippen LogP contribution in [0.4, 0.5) is 11.4 Å². The van der Waals surface area contributed by atoms with Crippen LogP contribution < -0.4 is 9.64 Å².